The van der Waals surface area contributed by atoms with Gasteiger partial charge in [-0.15, -0.1) is 0 Å². The van der Waals surface area contributed by atoms with Crippen LogP contribution in [0.2, 0.25) is 0 Å². The molecule has 0 unspecified atom stereocenters. The summed E-state index contributed by atoms with van der Waals surface area (Å²) in [6.07, 6.45) is 0.952. The molecule has 0 saturated carbocycles. The van der Waals surface area contributed by atoms with Crippen LogP contribution in [-0.4, -0.2) is 5.78 Å². The number of Topliss-reactive ketones (excluding diaryl/α,β-unsaturated/α-hetero) is 1. The van der Waals surface area contributed by atoms with Crippen molar-refractivity contribution >= 4 is 16.8 Å². The molecule has 0 aliphatic heterocycles. The quantitative estimate of drug-likeness (QED) is 0.680. The summed E-state index contributed by atoms with van der Waals surface area (Å²) < 4.78 is 5.49. The highest BCUT2D eigenvalue weighted by Crippen LogP contribution is 2.31. The Morgan fingerprint density at radius 3 is 2.48 bits per heavy atom. The Hall–Kier alpha value is -2.68. The minimum atomic E-state index is -0.431. The highest BCUT2D eigenvalue weighted by atomic mass is 16.4. The minimum absolute atomic E-state index is 0.0565. The first kappa shape index (κ1) is 15.2. The van der Waals surface area contributed by atoms with Gasteiger partial charge in [-0.3, -0.25) is 4.79 Å². The standard InChI is InChI=1S/C20H18O3/c1-3-14-9-10-16-18(12-14)23-20(22)17(11-13(2)21)19(16)15-7-5-4-6-8-15/h4-10,12H,3,11H2,1-2H3. The van der Waals surface area contributed by atoms with Crippen LogP contribution in [0.3, 0.4) is 0 Å². The van der Waals surface area contributed by atoms with E-state index in [0.29, 0.717) is 11.1 Å². The molecule has 0 aliphatic carbocycles. The largest absolute Gasteiger partial charge is 0.422 e. The minimum Gasteiger partial charge on any atom is -0.422 e. The number of hydrogen-bond donors (Lipinski definition) is 0. The first-order valence-electron chi connectivity index (χ1n) is 7.73. The van der Waals surface area contributed by atoms with Crippen LogP contribution in [0.5, 0.6) is 0 Å². The summed E-state index contributed by atoms with van der Waals surface area (Å²) >= 11 is 0. The van der Waals surface area contributed by atoms with Crippen molar-refractivity contribution in [3.05, 3.63) is 70.1 Å². The van der Waals surface area contributed by atoms with Gasteiger partial charge in [0.2, 0.25) is 0 Å². The first-order valence-corrected chi connectivity index (χ1v) is 7.73. The fourth-order valence-electron chi connectivity index (χ4n) is 2.85. The Morgan fingerprint density at radius 2 is 1.83 bits per heavy atom. The predicted molar refractivity (Wildman–Crippen MR) is 91.7 cm³/mol. The van der Waals surface area contributed by atoms with Gasteiger partial charge in [-0.2, -0.15) is 0 Å². The van der Waals surface area contributed by atoms with Crippen LogP contribution in [0.4, 0.5) is 0 Å². The fourth-order valence-corrected chi connectivity index (χ4v) is 2.85. The number of benzene rings is 2. The molecule has 0 bridgehead atoms. The van der Waals surface area contributed by atoms with Crippen LogP contribution >= 0.6 is 0 Å². The molecule has 0 aliphatic rings. The van der Waals surface area contributed by atoms with Crippen molar-refractivity contribution in [3.63, 3.8) is 0 Å². The molecule has 3 nitrogen and oxygen atoms in total. The summed E-state index contributed by atoms with van der Waals surface area (Å²) in [5.74, 6) is -0.0565. The van der Waals surface area contributed by atoms with Gasteiger partial charge in [-0.05, 0) is 30.5 Å². The number of hydrogen-bond acceptors (Lipinski definition) is 3. The lowest BCUT2D eigenvalue weighted by molar-refractivity contribution is -0.116. The van der Waals surface area contributed by atoms with Gasteiger partial charge in [0.05, 0.1) is 5.56 Å². The number of rotatable bonds is 4. The molecule has 0 fully saturated rings. The van der Waals surface area contributed by atoms with Gasteiger partial charge in [0.1, 0.15) is 11.4 Å². The molecule has 0 radical (unpaired) electrons. The molecule has 3 rings (SSSR count). The zero-order valence-electron chi connectivity index (χ0n) is 13.3. The highest BCUT2D eigenvalue weighted by Gasteiger charge is 2.17. The van der Waals surface area contributed by atoms with E-state index in [2.05, 4.69) is 6.92 Å². The molecule has 0 amide bonds. The van der Waals surface area contributed by atoms with E-state index in [9.17, 15) is 9.59 Å². The molecule has 1 heterocycles. The molecule has 2 aromatic carbocycles. The number of aryl methyl sites for hydroxylation is 1. The average Bonchev–Trinajstić information content (AvgIpc) is 2.55. The van der Waals surface area contributed by atoms with E-state index in [0.717, 1.165) is 28.5 Å². The maximum atomic E-state index is 12.4. The maximum absolute atomic E-state index is 12.4. The van der Waals surface area contributed by atoms with Gasteiger partial charge in [-0.1, -0.05) is 49.4 Å². The number of carbonyl (C=O) groups excluding carboxylic acids is 1. The third kappa shape index (κ3) is 2.95. The highest BCUT2D eigenvalue weighted by molar-refractivity contribution is 5.96. The van der Waals surface area contributed by atoms with Gasteiger partial charge in [-0.25, -0.2) is 4.79 Å². The van der Waals surface area contributed by atoms with Crippen LogP contribution in [0, 0.1) is 0 Å². The maximum Gasteiger partial charge on any atom is 0.340 e. The Balaban J connectivity index is 2.39. The zero-order valence-corrected chi connectivity index (χ0v) is 13.3. The number of fused-ring (bicyclic) bond motifs is 1. The lowest BCUT2D eigenvalue weighted by atomic mass is 9.94. The second-order valence-corrected chi connectivity index (χ2v) is 5.67. The monoisotopic (exact) mass is 306 g/mol. The van der Waals surface area contributed by atoms with Crippen LogP contribution in [0.1, 0.15) is 25.0 Å². The van der Waals surface area contributed by atoms with Gasteiger partial charge in [0.15, 0.2) is 0 Å². The Kier molecular flexibility index (Phi) is 4.11. The third-order valence-electron chi connectivity index (χ3n) is 3.96. The van der Waals surface area contributed by atoms with Crippen molar-refractivity contribution in [1.82, 2.24) is 0 Å². The van der Waals surface area contributed by atoms with Crippen molar-refractivity contribution in [2.24, 2.45) is 0 Å². The Morgan fingerprint density at radius 1 is 1.09 bits per heavy atom. The van der Waals surface area contributed by atoms with Crippen LogP contribution in [0.15, 0.2) is 57.7 Å². The van der Waals surface area contributed by atoms with Crippen molar-refractivity contribution in [3.8, 4) is 11.1 Å². The van der Waals surface area contributed by atoms with E-state index >= 15 is 0 Å². The van der Waals surface area contributed by atoms with E-state index in [1.807, 2.05) is 48.5 Å². The van der Waals surface area contributed by atoms with Crippen molar-refractivity contribution < 1.29 is 9.21 Å². The molecule has 1 aromatic heterocycles. The topological polar surface area (TPSA) is 47.3 Å². The molecule has 3 aromatic rings. The zero-order chi connectivity index (χ0) is 16.4. The molecular formula is C20H18O3. The predicted octanol–water partition coefficient (Wildman–Crippen LogP) is 4.15. The summed E-state index contributed by atoms with van der Waals surface area (Å²) in [5, 5.41) is 0.865. The van der Waals surface area contributed by atoms with E-state index in [-0.39, 0.29) is 12.2 Å². The molecular weight excluding hydrogens is 288 g/mol. The van der Waals surface area contributed by atoms with E-state index in [4.69, 9.17) is 4.42 Å². The summed E-state index contributed by atoms with van der Waals surface area (Å²) in [6.45, 7) is 3.54. The summed E-state index contributed by atoms with van der Waals surface area (Å²) in [7, 11) is 0. The normalized spacial score (nSPS) is 10.9. The van der Waals surface area contributed by atoms with Gasteiger partial charge >= 0.3 is 5.63 Å². The molecule has 23 heavy (non-hydrogen) atoms. The van der Waals surface area contributed by atoms with Gasteiger partial charge in [0, 0.05) is 17.4 Å². The molecule has 3 heteroatoms. The van der Waals surface area contributed by atoms with E-state index in [1.54, 1.807) is 0 Å². The molecule has 0 atom stereocenters. The van der Waals surface area contributed by atoms with Crippen molar-refractivity contribution in [2.45, 2.75) is 26.7 Å². The second-order valence-electron chi connectivity index (χ2n) is 5.67. The van der Waals surface area contributed by atoms with Crippen molar-refractivity contribution in [2.75, 3.05) is 0 Å². The summed E-state index contributed by atoms with van der Waals surface area (Å²) in [5.41, 5.74) is 3.40. The summed E-state index contributed by atoms with van der Waals surface area (Å²) in [6, 6.07) is 15.6. The first-order chi connectivity index (χ1) is 11.1. The second kappa shape index (κ2) is 6.21. The Bertz CT molecular complexity index is 921. The lowest BCUT2D eigenvalue weighted by Gasteiger charge is -2.12. The van der Waals surface area contributed by atoms with Gasteiger partial charge in [0.25, 0.3) is 0 Å². The van der Waals surface area contributed by atoms with E-state index in [1.165, 1.54) is 6.92 Å². The fraction of sp³-hybridized carbons (Fsp3) is 0.200. The molecule has 0 saturated heterocycles. The van der Waals surface area contributed by atoms with Gasteiger partial charge < -0.3 is 4.42 Å². The average molecular weight is 306 g/mol. The summed E-state index contributed by atoms with van der Waals surface area (Å²) in [4.78, 5) is 24.0. The van der Waals surface area contributed by atoms with Crippen LogP contribution in [-0.2, 0) is 17.6 Å². The SMILES string of the molecule is CCc1ccc2c(-c3ccccc3)c(CC(C)=O)c(=O)oc2c1. The van der Waals surface area contributed by atoms with Crippen molar-refractivity contribution in [1.29, 1.82) is 0 Å². The number of carbonyl (C=O) groups is 1. The van der Waals surface area contributed by atoms with E-state index < -0.39 is 5.63 Å². The molecule has 0 N–H and O–H groups in total. The lowest BCUT2D eigenvalue weighted by Crippen LogP contribution is -2.13. The number of ketones is 1. The van der Waals surface area contributed by atoms with Crippen LogP contribution in [0.25, 0.3) is 22.1 Å². The smallest absolute Gasteiger partial charge is 0.340 e. The molecule has 116 valence electrons. The third-order valence-corrected chi connectivity index (χ3v) is 3.96. The van der Waals surface area contributed by atoms with Crippen LogP contribution < -0.4 is 5.63 Å². The molecule has 0 spiro atoms. The Labute approximate surface area is 134 Å².